The van der Waals surface area contributed by atoms with E-state index in [4.69, 9.17) is 9.47 Å². The Morgan fingerprint density at radius 2 is 1.92 bits per heavy atom. The van der Waals surface area contributed by atoms with Gasteiger partial charge >= 0.3 is 11.8 Å². The molecule has 8 heteroatoms. The quantitative estimate of drug-likeness (QED) is 0.653. The van der Waals surface area contributed by atoms with Crippen LogP contribution < -0.4 is 10.1 Å². The third-order valence-corrected chi connectivity index (χ3v) is 3.81. The van der Waals surface area contributed by atoms with E-state index in [0.29, 0.717) is 25.7 Å². The lowest BCUT2D eigenvalue weighted by Gasteiger charge is -2.30. The van der Waals surface area contributed by atoms with E-state index in [1.165, 1.54) is 0 Å². The van der Waals surface area contributed by atoms with Crippen molar-refractivity contribution in [3.8, 4) is 5.75 Å². The molecule has 1 saturated carbocycles. The number of hydrogen-bond donors (Lipinski definition) is 1. The zero-order valence-electron chi connectivity index (χ0n) is 14.6. The summed E-state index contributed by atoms with van der Waals surface area (Å²) in [5.41, 5.74) is -0.809. The molecular formula is C17H23FN2O5. The molecule has 2 rings (SSSR count). The van der Waals surface area contributed by atoms with E-state index < -0.39 is 22.4 Å². The summed E-state index contributed by atoms with van der Waals surface area (Å²) in [5, 5.41) is 13.8. The van der Waals surface area contributed by atoms with Gasteiger partial charge in [-0.1, -0.05) is 0 Å². The Morgan fingerprint density at radius 3 is 2.48 bits per heavy atom. The summed E-state index contributed by atoms with van der Waals surface area (Å²) in [4.78, 5) is 22.2. The van der Waals surface area contributed by atoms with E-state index in [-0.39, 0.29) is 23.6 Å². The normalized spacial score (nSPS) is 20.6. The molecule has 0 heterocycles. The summed E-state index contributed by atoms with van der Waals surface area (Å²) in [7, 11) is 0. The average molecular weight is 354 g/mol. The highest BCUT2D eigenvalue weighted by Gasteiger charge is 2.27. The number of nitro groups is 1. The van der Waals surface area contributed by atoms with Crippen LogP contribution in [0.15, 0.2) is 18.2 Å². The lowest BCUT2D eigenvalue weighted by Crippen LogP contribution is -2.42. The van der Waals surface area contributed by atoms with Crippen molar-refractivity contribution in [2.24, 2.45) is 0 Å². The molecule has 1 aromatic rings. The van der Waals surface area contributed by atoms with Crippen molar-refractivity contribution in [3.05, 3.63) is 34.1 Å². The monoisotopic (exact) mass is 354 g/mol. The number of nitrogens with zero attached hydrogens (tertiary/aromatic N) is 1. The number of halogens is 1. The molecule has 0 aromatic heterocycles. The van der Waals surface area contributed by atoms with Gasteiger partial charge in [-0.05, 0) is 52.5 Å². The molecule has 0 radical (unpaired) electrons. The number of benzene rings is 1. The van der Waals surface area contributed by atoms with Crippen LogP contribution in [0.5, 0.6) is 5.75 Å². The Labute approximate surface area is 145 Å². The highest BCUT2D eigenvalue weighted by molar-refractivity contribution is 5.68. The maximum absolute atomic E-state index is 13.3. The molecule has 0 unspecified atom stereocenters. The first-order valence-corrected chi connectivity index (χ1v) is 8.24. The van der Waals surface area contributed by atoms with E-state index in [2.05, 4.69) is 5.32 Å². The fourth-order valence-electron chi connectivity index (χ4n) is 2.71. The Balaban J connectivity index is 1.88. The lowest BCUT2D eigenvalue weighted by molar-refractivity contribution is -0.386. The van der Waals surface area contributed by atoms with Crippen molar-refractivity contribution < 1.29 is 23.6 Å². The molecule has 25 heavy (non-hydrogen) atoms. The number of ether oxygens (including phenoxy) is 2. The number of nitro benzene ring substituents is 1. The third-order valence-electron chi connectivity index (χ3n) is 3.81. The SMILES string of the molecule is CC(C)(C)OC(=O)NC1CCC(Oc2cc(F)ccc2[N+](=O)[O-])CC1. The number of rotatable bonds is 4. The van der Waals surface area contributed by atoms with Crippen molar-refractivity contribution in [3.63, 3.8) is 0 Å². The summed E-state index contributed by atoms with van der Waals surface area (Å²) in [5.74, 6) is -0.644. The van der Waals surface area contributed by atoms with Crippen LogP contribution in [-0.4, -0.2) is 28.8 Å². The Morgan fingerprint density at radius 1 is 1.28 bits per heavy atom. The van der Waals surface area contributed by atoms with Crippen LogP contribution in [0.1, 0.15) is 46.5 Å². The minimum Gasteiger partial charge on any atom is -0.483 e. The van der Waals surface area contributed by atoms with Crippen LogP contribution in [0.2, 0.25) is 0 Å². The predicted octanol–water partition coefficient (Wildman–Crippen LogP) is 3.95. The van der Waals surface area contributed by atoms with E-state index in [0.717, 1.165) is 18.2 Å². The van der Waals surface area contributed by atoms with Crippen LogP contribution in [0, 0.1) is 15.9 Å². The summed E-state index contributed by atoms with van der Waals surface area (Å²) in [6, 6.07) is 3.13. The van der Waals surface area contributed by atoms with Crippen molar-refractivity contribution in [1.82, 2.24) is 5.32 Å². The van der Waals surface area contributed by atoms with Gasteiger partial charge in [0.05, 0.1) is 11.0 Å². The molecule has 1 aliphatic rings. The van der Waals surface area contributed by atoms with Gasteiger partial charge < -0.3 is 14.8 Å². The molecule has 0 atom stereocenters. The van der Waals surface area contributed by atoms with Gasteiger partial charge in [-0.25, -0.2) is 9.18 Å². The molecule has 1 aromatic carbocycles. The first kappa shape index (κ1) is 19.0. The molecule has 1 N–H and O–H groups in total. The highest BCUT2D eigenvalue weighted by Crippen LogP contribution is 2.31. The Hall–Kier alpha value is -2.38. The first-order valence-electron chi connectivity index (χ1n) is 8.24. The van der Waals surface area contributed by atoms with Gasteiger partial charge in [-0.2, -0.15) is 0 Å². The molecule has 138 valence electrons. The van der Waals surface area contributed by atoms with Crippen molar-refractivity contribution in [1.29, 1.82) is 0 Å². The number of nitrogens with one attached hydrogen (secondary N) is 1. The zero-order valence-corrected chi connectivity index (χ0v) is 14.6. The Kier molecular flexibility index (Phi) is 5.81. The molecule has 1 fully saturated rings. The lowest BCUT2D eigenvalue weighted by atomic mass is 9.93. The van der Waals surface area contributed by atoms with Crippen LogP contribution in [0.25, 0.3) is 0 Å². The van der Waals surface area contributed by atoms with Gasteiger partial charge in [0.15, 0.2) is 5.75 Å². The summed E-state index contributed by atoms with van der Waals surface area (Å²) >= 11 is 0. The van der Waals surface area contributed by atoms with Crippen LogP contribution in [-0.2, 0) is 4.74 Å². The van der Waals surface area contributed by atoms with Gasteiger partial charge in [-0.3, -0.25) is 10.1 Å². The first-order chi connectivity index (χ1) is 11.6. The predicted molar refractivity (Wildman–Crippen MR) is 89.1 cm³/mol. The second kappa shape index (κ2) is 7.67. The van der Waals surface area contributed by atoms with Gasteiger partial charge in [0, 0.05) is 18.2 Å². The minimum absolute atomic E-state index is 0.0304. The van der Waals surface area contributed by atoms with E-state index in [9.17, 15) is 19.3 Å². The molecule has 1 amide bonds. The van der Waals surface area contributed by atoms with Crippen LogP contribution >= 0.6 is 0 Å². The van der Waals surface area contributed by atoms with E-state index in [1.807, 2.05) is 0 Å². The largest absolute Gasteiger partial charge is 0.483 e. The molecule has 1 aliphatic carbocycles. The maximum Gasteiger partial charge on any atom is 0.407 e. The van der Waals surface area contributed by atoms with E-state index in [1.54, 1.807) is 20.8 Å². The number of carbonyl (C=O) groups is 1. The number of alkyl carbamates (subject to hydrolysis) is 1. The van der Waals surface area contributed by atoms with Crippen LogP contribution in [0.3, 0.4) is 0 Å². The number of carbonyl (C=O) groups excluding carboxylic acids is 1. The number of amides is 1. The van der Waals surface area contributed by atoms with Crippen molar-refractivity contribution >= 4 is 11.8 Å². The van der Waals surface area contributed by atoms with Gasteiger partial charge in [0.1, 0.15) is 11.4 Å². The van der Waals surface area contributed by atoms with Gasteiger partial charge in [0.2, 0.25) is 0 Å². The van der Waals surface area contributed by atoms with Crippen LogP contribution in [0.4, 0.5) is 14.9 Å². The highest BCUT2D eigenvalue weighted by atomic mass is 19.1. The topological polar surface area (TPSA) is 90.7 Å². The minimum atomic E-state index is -0.593. The Bertz CT molecular complexity index is 636. The number of hydrogen-bond acceptors (Lipinski definition) is 5. The maximum atomic E-state index is 13.3. The van der Waals surface area contributed by atoms with E-state index >= 15 is 0 Å². The summed E-state index contributed by atoms with van der Waals surface area (Å²) in [6.45, 7) is 5.38. The smallest absolute Gasteiger partial charge is 0.407 e. The second-order valence-electron chi connectivity index (χ2n) is 7.11. The fraction of sp³-hybridized carbons (Fsp3) is 0.588. The van der Waals surface area contributed by atoms with Crippen molar-refractivity contribution in [2.45, 2.75) is 64.2 Å². The average Bonchev–Trinajstić information content (AvgIpc) is 2.47. The second-order valence-corrected chi connectivity index (χ2v) is 7.11. The van der Waals surface area contributed by atoms with Gasteiger partial charge in [0.25, 0.3) is 0 Å². The standard InChI is InChI=1S/C17H23FN2O5/c1-17(2,3)25-16(21)19-12-5-7-13(8-6-12)24-15-10-11(18)4-9-14(15)20(22)23/h4,9-10,12-13H,5-8H2,1-3H3,(H,19,21). The molecular weight excluding hydrogens is 331 g/mol. The summed E-state index contributed by atoms with van der Waals surface area (Å²) in [6.07, 6.45) is 1.82. The zero-order chi connectivity index (χ0) is 18.6. The molecule has 0 aliphatic heterocycles. The molecule has 0 bridgehead atoms. The summed E-state index contributed by atoms with van der Waals surface area (Å²) < 4.78 is 24.2. The fourth-order valence-corrected chi connectivity index (χ4v) is 2.71. The molecule has 7 nitrogen and oxygen atoms in total. The van der Waals surface area contributed by atoms with Crippen molar-refractivity contribution in [2.75, 3.05) is 0 Å². The third kappa shape index (κ3) is 5.88. The van der Waals surface area contributed by atoms with Gasteiger partial charge in [-0.15, -0.1) is 0 Å². The molecule has 0 spiro atoms. The molecule has 0 saturated heterocycles.